The van der Waals surface area contributed by atoms with E-state index in [1.807, 2.05) is 43.4 Å². The number of hydrogen-bond donors (Lipinski definition) is 2. The number of hydrogen-bond acceptors (Lipinski definition) is 6. The molecular formula is C17H24N6O. The molecule has 0 aliphatic carbocycles. The molecule has 1 aromatic carbocycles. The lowest BCUT2D eigenvalue weighted by Gasteiger charge is -2.12. The van der Waals surface area contributed by atoms with E-state index in [-0.39, 0.29) is 6.10 Å². The molecule has 0 saturated carbocycles. The fraction of sp³-hybridized carbons (Fsp3) is 0.471. The monoisotopic (exact) mass is 328 g/mol. The topological polar surface area (TPSA) is 90.4 Å². The van der Waals surface area contributed by atoms with Gasteiger partial charge in [-0.05, 0) is 52.3 Å². The Labute approximate surface area is 141 Å². The zero-order valence-electron chi connectivity index (χ0n) is 14.4. The van der Waals surface area contributed by atoms with Crippen molar-refractivity contribution in [2.75, 3.05) is 18.4 Å². The first-order valence-corrected chi connectivity index (χ1v) is 8.36. The summed E-state index contributed by atoms with van der Waals surface area (Å²) < 4.78 is 7.80. The van der Waals surface area contributed by atoms with Crippen LogP contribution in [-0.2, 0) is 0 Å². The molecule has 7 heteroatoms. The standard InChI is InChI=1S/C17H24N6O/c1-11(2)24-13-6-7-15-14(10-13)20-16(19-9-5-4-8-18)17-22-21-12(3)23(15)17/h6-7,10-11H,4-5,8-9,18H2,1-3H3,(H,19,20). The van der Waals surface area contributed by atoms with Crippen LogP contribution in [0.4, 0.5) is 5.82 Å². The number of unbranched alkanes of at least 4 members (excludes halogenated alkanes) is 1. The van der Waals surface area contributed by atoms with Crippen LogP contribution in [0.1, 0.15) is 32.5 Å². The van der Waals surface area contributed by atoms with E-state index in [0.717, 1.165) is 53.5 Å². The Hall–Kier alpha value is -2.41. The number of fused-ring (bicyclic) bond motifs is 3. The third-order valence-electron chi connectivity index (χ3n) is 3.75. The number of ether oxygens (including phenoxy) is 1. The molecule has 0 amide bonds. The third-order valence-corrected chi connectivity index (χ3v) is 3.75. The number of aromatic nitrogens is 4. The molecule has 0 spiro atoms. The first-order chi connectivity index (χ1) is 11.6. The maximum absolute atomic E-state index is 5.78. The van der Waals surface area contributed by atoms with Crippen LogP contribution < -0.4 is 15.8 Å². The van der Waals surface area contributed by atoms with Gasteiger partial charge >= 0.3 is 0 Å². The van der Waals surface area contributed by atoms with E-state index >= 15 is 0 Å². The molecule has 0 atom stereocenters. The predicted molar refractivity (Wildman–Crippen MR) is 95.6 cm³/mol. The van der Waals surface area contributed by atoms with Gasteiger partial charge in [-0.3, -0.25) is 4.40 Å². The van der Waals surface area contributed by atoms with Crippen LogP contribution in [0, 0.1) is 6.92 Å². The van der Waals surface area contributed by atoms with Gasteiger partial charge in [0.2, 0.25) is 5.65 Å². The van der Waals surface area contributed by atoms with Crippen LogP contribution in [0.15, 0.2) is 18.2 Å². The second-order valence-electron chi connectivity index (χ2n) is 6.11. The third kappa shape index (κ3) is 3.26. The summed E-state index contributed by atoms with van der Waals surface area (Å²) in [5, 5.41) is 11.8. The molecule has 0 bridgehead atoms. The second-order valence-corrected chi connectivity index (χ2v) is 6.11. The lowest BCUT2D eigenvalue weighted by molar-refractivity contribution is 0.242. The van der Waals surface area contributed by atoms with Gasteiger partial charge in [0.15, 0.2) is 5.82 Å². The van der Waals surface area contributed by atoms with Crippen molar-refractivity contribution in [2.24, 2.45) is 5.73 Å². The first kappa shape index (κ1) is 16.4. The molecule has 0 aliphatic heterocycles. The predicted octanol–water partition coefficient (Wildman–Crippen LogP) is 2.52. The van der Waals surface area contributed by atoms with Gasteiger partial charge in [-0.1, -0.05) is 0 Å². The Morgan fingerprint density at radius 3 is 2.83 bits per heavy atom. The van der Waals surface area contributed by atoms with Gasteiger partial charge in [0, 0.05) is 12.6 Å². The van der Waals surface area contributed by atoms with Crippen molar-refractivity contribution < 1.29 is 4.74 Å². The van der Waals surface area contributed by atoms with Crippen molar-refractivity contribution in [3.63, 3.8) is 0 Å². The van der Waals surface area contributed by atoms with Gasteiger partial charge < -0.3 is 15.8 Å². The van der Waals surface area contributed by atoms with Crippen LogP contribution in [0.2, 0.25) is 0 Å². The fourth-order valence-corrected chi connectivity index (χ4v) is 2.70. The highest BCUT2D eigenvalue weighted by Crippen LogP contribution is 2.25. The Morgan fingerprint density at radius 2 is 2.08 bits per heavy atom. The van der Waals surface area contributed by atoms with Gasteiger partial charge in [-0.2, -0.15) is 0 Å². The van der Waals surface area contributed by atoms with Crippen molar-refractivity contribution in [2.45, 2.75) is 39.7 Å². The SMILES string of the molecule is Cc1nnc2c(NCCCCN)nc3cc(OC(C)C)ccc3n12. The average Bonchev–Trinajstić information content (AvgIpc) is 2.93. The van der Waals surface area contributed by atoms with Crippen LogP contribution in [0.5, 0.6) is 5.75 Å². The number of rotatable bonds is 7. The molecule has 3 N–H and O–H groups in total. The van der Waals surface area contributed by atoms with Crippen molar-refractivity contribution in [1.29, 1.82) is 0 Å². The molecule has 0 aliphatic rings. The molecule has 128 valence electrons. The first-order valence-electron chi connectivity index (χ1n) is 8.36. The van der Waals surface area contributed by atoms with Crippen LogP contribution in [0.25, 0.3) is 16.7 Å². The van der Waals surface area contributed by atoms with E-state index in [1.54, 1.807) is 0 Å². The molecule has 0 saturated heterocycles. The van der Waals surface area contributed by atoms with Gasteiger partial charge in [0.1, 0.15) is 11.6 Å². The molecule has 2 aromatic heterocycles. The summed E-state index contributed by atoms with van der Waals surface area (Å²) in [7, 11) is 0. The minimum atomic E-state index is 0.122. The molecule has 0 fully saturated rings. The highest BCUT2D eigenvalue weighted by Gasteiger charge is 2.13. The molecule has 0 unspecified atom stereocenters. The fourth-order valence-electron chi connectivity index (χ4n) is 2.70. The van der Waals surface area contributed by atoms with Gasteiger partial charge in [0.05, 0.1) is 17.1 Å². The van der Waals surface area contributed by atoms with E-state index in [4.69, 9.17) is 15.5 Å². The summed E-state index contributed by atoms with van der Waals surface area (Å²) in [4.78, 5) is 4.74. The Bertz CT molecular complexity index is 842. The van der Waals surface area contributed by atoms with Crippen molar-refractivity contribution >= 4 is 22.5 Å². The minimum absolute atomic E-state index is 0.122. The number of nitrogens with zero attached hydrogens (tertiary/aromatic N) is 4. The molecule has 0 radical (unpaired) electrons. The summed E-state index contributed by atoms with van der Waals surface area (Å²) >= 11 is 0. The smallest absolute Gasteiger partial charge is 0.204 e. The largest absolute Gasteiger partial charge is 0.491 e. The zero-order valence-corrected chi connectivity index (χ0v) is 14.4. The molecular weight excluding hydrogens is 304 g/mol. The minimum Gasteiger partial charge on any atom is -0.491 e. The van der Waals surface area contributed by atoms with E-state index in [9.17, 15) is 0 Å². The lowest BCUT2D eigenvalue weighted by atomic mass is 10.2. The van der Waals surface area contributed by atoms with Crippen LogP contribution >= 0.6 is 0 Å². The summed E-state index contributed by atoms with van der Waals surface area (Å²) in [6.07, 6.45) is 2.10. The van der Waals surface area contributed by atoms with Gasteiger partial charge in [0.25, 0.3) is 0 Å². The Balaban J connectivity index is 2.04. The van der Waals surface area contributed by atoms with Gasteiger partial charge in [-0.25, -0.2) is 4.98 Å². The van der Waals surface area contributed by atoms with Crippen LogP contribution in [-0.4, -0.2) is 38.8 Å². The van der Waals surface area contributed by atoms with E-state index < -0.39 is 0 Å². The summed E-state index contributed by atoms with van der Waals surface area (Å²) in [5.41, 5.74) is 8.11. The summed E-state index contributed by atoms with van der Waals surface area (Å²) in [6.45, 7) is 7.46. The molecule has 7 nitrogen and oxygen atoms in total. The Morgan fingerprint density at radius 1 is 1.25 bits per heavy atom. The number of nitrogens with two attached hydrogens (primary N) is 1. The van der Waals surface area contributed by atoms with Crippen molar-refractivity contribution in [1.82, 2.24) is 19.6 Å². The number of benzene rings is 1. The van der Waals surface area contributed by atoms with Crippen molar-refractivity contribution in [3.8, 4) is 5.75 Å². The average molecular weight is 328 g/mol. The molecule has 24 heavy (non-hydrogen) atoms. The van der Waals surface area contributed by atoms with E-state index in [0.29, 0.717) is 6.54 Å². The van der Waals surface area contributed by atoms with Crippen LogP contribution in [0.3, 0.4) is 0 Å². The van der Waals surface area contributed by atoms with Crippen molar-refractivity contribution in [3.05, 3.63) is 24.0 Å². The quantitative estimate of drug-likeness (QED) is 0.648. The van der Waals surface area contributed by atoms with E-state index in [2.05, 4.69) is 15.5 Å². The maximum atomic E-state index is 5.78. The maximum Gasteiger partial charge on any atom is 0.204 e. The Kier molecular flexibility index (Phi) is 4.80. The highest BCUT2D eigenvalue weighted by atomic mass is 16.5. The van der Waals surface area contributed by atoms with Gasteiger partial charge in [-0.15, -0.1) is 10.2 Å². The molecule has 3 aromatic rings. The number of anilines is 1. The normalized spacial score (nSPS) is 11.5. The molecule has 2 heterocycles. The number of aryl methyl sites for hydroxylation is 1. The highest BCUT2D eigenvalue weighted by molar-refractivity contribution is 5.84. The summed E-state index contributed by atoms with van der Waals surface area (Å²) in [6, 6.07) is 5.91. The lowest BCUT2D eigenvalue weighted by Crippen LogP contribution is -2.09. The summed E-state index contributed by atoms with van der Waals surface area (Å²) in [5.74, 6) is 2.38. The zero-order chi connectivity index (χ0) is 17.1. The number of nitrogens with one attached hydrogen (secondary N) is 1. The second kappa shape index (κ2) is 7.00. The van der Waals surface area contributed by atoms with E-state index in [1.165, 1.54) is 0 Å². The molecule has 3 rings (SSSR count).